The monoisotopic (exact) mass is 352 g/mol. The van der Waals surface area contributed by atoms with Gasteiger partial charge >= 0.3 is 0 Å². The number of likely N-dealkylation sites (N-methyl/N-ethyl adjacent to an activating group) is 1. The molecule has 2 heterocycles. The first-order chi connectivity index (χ1) is 12.1. The van der Waals surface area contributed by atoms with E-state index in [0.29, 0.717) is 16.8 Å². The molecule has 0 radical (unpaired) electrons. The van der Waals surface area contributed by atoms with E-state index in [1.165, 1.54) is 0 Å². The molecule has 0 bridgehead atoms. The van der Waals surface area contributed by atoms with Crippen LogP contribution in [0.5, 0.6) is 0 Å². The lowest BCUT2D eigenvalue weighted by molar-refractivity contribution is -0.113. The van der Waals surface area contributed by atoms with Crippen molar-refractivity contribution in [3.8, 4) is 11.8 Å². The van der Waals surface area contributed by atoms with E-state index in [1.54, 1.807) is 18.5 Å². The third-order valence-electron chi connectivity index (χ3n) is 4.90. The highest BCUT2D eigenvalue weighted by molar-refractivity contribution is 6.30. The summed E-state index contributed by atoms with van der Waals surface area (Å²) in [4.78, 5) is 22.0. The van der Waals surface area contributed by atoms with E-state index in [-0.39, 0.29) is 0 Å². The molecule has 1 saturated carbocycles. The van der Waals surface area contributed by atoms with Gasteiger partial charge in [0.2, 0.25) is 5.82 Å². The molecular weight excluding hydrogens is 336 g/mol. The summed E-state index contributed by atoms with van der Waals surface area (Å²) < 4.78 is 0. The number of rotatable bonds is 2. The number of carbonyl (C=O) groups excluding carboxylic acids is 1. The molecule has 1 aromatic carbocycles. The summed E-state index contributed by atoms with van der Waals surface area (Å²) in [6, 6.07) is 7.45. The van der Waals surface area contributed by atoms with E-state index in [9.17, 15) is 4.79 Å². The Hall–Kier alpha value is -2.42. The van der Waals surface area contributed by atoms with E-state index in [0.717, 1.165) is 30.4 Å². The summed E-state index contributed by atoms with van der Waals surface area (Å²) in [5.41, 5.74) is 1.32. The first kappa shape index (κ1) is 16.1. The second-order valence-corrected chi connectivity index (χ2v) is 6.83. The predicted octanol–water partition coefficient (Wildman–Crippen LogP) is 2.67. The first-order valence-corrected chi connectivity index (χ1v) is 8.58. The third kappa shape index (κ3) is 2.68. The Morgan fingerprint density at radius 1 is 1.36 bits per heavy atom. The van der Waals surface area contributed by atoms with Crippen molar-refractivity contribution in [2.45, 2.75) is 24.5 Å². The highest BCUT2D eigenvalue weighted by atomic mass is 35.5. The Morgan fingerprint density at radius 3 is 2.80 bits per heavy atom. The number of carbonyl (C=O) groups is 1. The van der Waals surface area contributed by atoms with Crippen LogP contribution < -0.4 is 5.32 Å². The van der Waals surface area contributed by atoms with Crippen LogP contribution in [0.15, 0.2) is 36.7 Å². The maximum Gasteiger partial charge on any atom is 0.204 e. The zero-order valence-electron chi connectivity index (χ0n) is 13.7. The SMILES string of the molecule is CN1C(C=O)Nc2ccc(Cl)cc2C1(C#Cc1ncccn1)C1CC1. The van der Waals surface area contributed by atoms with Crippen molar-refractivity contribution in [1.82, 2.24) is 14.9 Å². The number of nitrogens with one attached hydrogen (secondary N) is 1. The van der Waals surface area contributed by atoms with Gasteiger partial charge < -0.3 is 5.32 Å². The van der Waals surface area contributed by atoms with Crippen molar-refractivity contribution in [3.63, 3.8) is 0 Å². The van der Waals surface area contributed by atoms with Gasteiger partial charge in [-0.2, -0.15) is 0 Å². The van der Waals surface area contributed by atoms with Gasteiger partial charge in [0.25, 0.3) is 0 Å². The van der Waals surface area contributed by atoms with Gasteiger partial charge in [-0.3, -0.25) is 9.69 Å². The maximum atomic E-state index is 11.6. The molecule has 2 aromatic rings. The van der Waals surface area contributed by atoms with Crippen LogP contribution in [0.1, 0.15) is 24.2 Å². The standard InChI is InChI=1S/C19H17ClN4O/c1-24-18(12-25)23-16-6-5-14(20)11-15(16)19(24,13-3-4-13)8-7-17-21-9-2-10-22-17/h2,5-6,9-13,18,23H,3-4H2,1H3. The van der Waals surface area contributed by atoms with E-state index < -0.39 is 11.7 Å². The molecule has 4 rings (SSSR count). The first-order valence-electron chi connectivity index (χ1n) is 8.20. The lowest BCUT2D eigenvalue weighted by Gasteiger charge is -2.47. The molecule has 1 fully saturated rings. The molecule has 0 amide bonds. The van der Waals surface area contributed by atoms with Crippen molar-refractivity contribution in [2.24, 2.45) is 5.92 Å². The van der Waals surface area contributed by atoms with E-state index in [2.05, 4.69) is 27.1 Å². The normalized spacial score (nSPS) is 25.3. The molecule has 1 aromatic heterocycles. The highest BCUT2D eigenvalue weighted by Gasteiger charge is 2.53. The fourth-order valence-electron chi connectivity index (χ4n) is 3.53. The zero-order chi connectivity index (χ0) is 17.4. The number of fused-ring (bicyclic) bond motifs is 1. The number of nitrogens with zero attached hydrogens (tertiary/aromatic N) is 3. The lowest BCUT2D eigenvalue weighted by atomic mass is 9.80. The van der Waals surface area contributed by atoms with E-state index >= 15 is 0 Å². The second-order valence-electron chi connectivity index (χ2n) is 6.39. The molecule has 2 atom stereocenters. The van der Waals surface area contributed by atoms with Crippen molar-refractivity contribution >= 4 is 23.6 Å². The number of hydrogen-bond donors (Lipinski definition) is 1. The van der Waals surface area contributed by atoms with Gasteiger partial charge in [-0.25, -0.2) is 9.97 Å². The molecular formula is C19H17ClN4O. The summed E-state index contributed by atoms with van der Waals surface area (Å²) in [5.74, 6) is 7.33. The van der Waals surface area contributed by atoms with Crippen molar-refractivity contribution in [3.05, 3.63) is 53.1 Å². The van der Waals surface area contributed by atoms with Crippen molar-refractivity contribution < 1.29 is 4.79 Å². The number of aromatic nitrogens is 2. The molecule has 1 aliphatic heterocycles. The molecule has 1 aliphatic carbocycles. The smallest absolute Gasteiger partial charge is 0.204 e. The van der Waals surface area contributed by atoms with Gasteiger partial charge in [0.05, 0.1) is 0 Å². The Labute approximate surface area is 151 Å². The maximum absolute atomic E-state index is 11.6. The van der Waals surface area contributed by atoms with Gasteiger partial charge in [0, 0.05) is 28.7 Å². The van der Waals surface area contributed by atoms with E-state index in [1.807, 2.05) is 30.1 Å². The predicted molar refractivity (Wildman–Crippen MR) is 96.0 cm³/mol. The summed E-state index contributed by atoms with van der Waals surface area (Å²) in [6.07, 6.45) is 5.94. The third-order valence-corrected chi connectivity index (χ3v) is 5.13. The number of hydrogen-bond acceptors (Lipinski definition) is 5. The molecule has 25 heavy (non-hydrogen) atoms. The average Bonchev–Trinajstić information content (AvgIpc) is 3.47. The van der Waals surface area contributed by atoms with Crippen LogP contribution in [-0.2, 0) is 10.3 Å². The summed E-state index contributed by atoms with van der Waals surface area (Å²) in [7, 11) is 1.93. The fourth-order valence-corrected chi connectivity index (χ4v) is 3.70. The molecule has 0 saturated heterocycles. The molecule has 5 nitrogen and oxygen atoms in total. The minimum absolute atomic E-state index is 0.343. The average molecular weight is 353 g/mol. The largest absolute Gasteiger partial charge is 0.363 e. The Bertz CT molecular complexity index is 872. The van der Waals surface area contributed by atoms with Gasteiger partial charge in [-0.1, -0.05) is 17.5 Å². The molecule has 6 heteroatoms. The number of aldehydes is 1. The fraction of sp³-hybridized carbons (Fsp3) is 0.316. The Kier molecular flexibility index (Phi) is 3.95. The quantitative estimate of drug-likeness (QED) is 0.665. The number of anilines is 1. The van der Waals surface area contributed by atoms with Crippen LogP contribution >= 0.6 is 11.6 Å². The molecule has 0 spiro atoms. The van der Waals surface area contributed by atoms with Crippen LogP contribution in [0.2, 0.25) is 5.02 Å². The van der Waals surface area contributed by atoms with Gasteiger partial charge in [-0.05, 0) is 56.0 Å². The van der Waals surface area contributed by atoms with Crippen molar-refractivity contribution in [1.29, 1.82) is 0 Å². The van der Waals surface area contributed by atoms with E-state index in [4.69, 9.17) is 11.6 Å². The van der Waals surface area contributed by atoms with Crippen LogP contribution in [0, 0.1) is 17.8 Å². The Balaban J connectivity index is 1.92. The van der Waals surface area contributed by atoms with Crippen LogP contribution in [0.25, 0.3) is 0 Å². The van der Waals surface area contributed by atoms with Crippen LogP contribution in [0.3, 0.4) is 0 Å². The Morgan fingerprint density at radius 2 is 2.12 bits per heavy atom. The topological polar surface area (TPSA) is 58.1 Å². The summed E-state index contributed by atoms with van der Waals surface area (Å²) >= 11 is 6.28. The summed E-state index contributed by atoms with van der Waals surface area (Å²) in [6.45, 7) is 0. The molecule has 2 unspecified atom stereocenters. The van der Waals surface area contributed by atoms with Gasteiger partial charge in [0.1, 0.15) is 11.7 Å². The van der Waals surface area contributed by atoms with Crippen molar-refractivity contribution in [2.75, 3.05) is 12.4 Å². The van der Waals surface area contributed by atoms with Gasteiger partial charge in [0.15, 0.2) is 6.29 Å². The minimum atomic E-state index is -0.587. The van der Waals surface area contributed by atoms with Crippen LogP contribution in [0.4, 0.5) is 5.69 Å². The van der Waals surface area contributed by atoms with Crippen LogP contribution in [-0.4, -0.2) is 34.4 Å². The highest BCUT2D eigenvalue weighted by Crippen LogP contribution is 2.53. The second kappa shape index (κ2) is 6.14. The number of benzene rings is 1. The number of halogens is 1. The van der Waals surface area contributed by atoms with Gasteiger partial charge in [-0.15, -0.1) is 0 Å². The summed E-state index contributed by atoms with van der Waals surface area (Å²) in [5, 5.41) is 3.91. The molecule has 2 aliphatic rings. The minimum Gasteiger partial charge on any atom is -0.363 e. The zero-order valence-corrected chi connectivity index (χ0v) is 14.5. The molecule has 1 N–H and O–H groups in total. The lowest BCUT2D eigenvalue weighted by Crippen LogP contribution is -2.57. The molecule has 126 valence electrons.